The Labute approximate surface area is 131 Å². The van der Waals surface area contributed by atoms with E-state index in [1.54, 1.807) is 0 Å². The maximum atomic E-state index is 6.12. The topological polar surface area (TPSA) is 15.3 Å². The lowest BCUT2D eigenvalue weighted by atomic mass is 9.97. The van der Waals surface area contributed by atoms with Crippen molar-refractivity contribution in [3.63, 3.8) is 0 Å². The van der Waals surface area contributed by atoms with Crippen molar-refractivity contribution in [2.45, 2.75) is 50.7 Å². The molecule has 2 heterocycles. The molecular weight excluding hydrogens is 291 g/mol. The maximum Gasteiger partial charge on any atom is 0.0595 e. The number of halogens is 2. The number of hydrogen-bond acceptors (Lipinski definition) is 2. The largest absolute Gasteiger partial charge is 0.306 e. The molecule has 0 amide bonds. The van der Waals surface area contributed by atoms with E-state index in [2.05, 4.69) is 23.2 Å². The second-order valence-electron chi connectivity index (χ2n) is 6.06. The van der Waals surface area contributed by atoms with E-state index < -0.39 is 0 Å². The maximum absolute atomic E-state index is 6.12. The van der Waals surface area contributed by atoms with Crippen LogP contribution in [0.3, 0.4) is 0 Å². The molecule has 0 saturated carbocycles. The molecule has 2 fully saturated rings. The standard InChI is InChI=1S/C16H22Cl2N2/c1-11(12-5-6-13(17)14(18)10-12)19-15-7-9-20-8-3-2-4-16(15)20/h5-6,10-11,15-16,19H,2-4,7-9H2,1H3. The van der Waals surface area contributed by atoms with Gasteiger partial charge in [-0.25, -0.2) is 0 Å². The van der Waals surface area contributed by atoms with Gasteiger partial charge in [0, 0.05) is 24.7 Å². The van der Waals surface area contributed by atoms with E-state index in [4.69, 9.17) is 23.2 Å². The highest BCUT2D eigenvalue weighted by Gasteiger charge is 2.35. The van der Waals surface area contributed by atoms with Crippen molar-refractivity contribution in [1.82, 2.24) is 10.2 Å². The van der Waals surface area contributed by atoms with Crippen molar-refractivity contribution in [1.29, 1.82) is 0 Å². The van der Waals surface area contributed by atoms with Gasteiger partial charge in [0.05, 0.1) is 10.0 Å². The Hall–Kier alpha value is -0.280. The molecule has 20 heavy (non-hydrogen) atoms. The van der Waals surface area contributed by atoms with Crippen LogP contribution in [0.4, 0.5) is 0 Å². The van der Waals surface area contributed by atoms with Crippen LogP contribution in [-0.2, 0) is 0 Å². The predicted octanol–water partition coefficient (Wildman–Crippen LogP) is 4.27. The minimum atomic E-state index is 0.316. The van der Waals surface area contributed by atoms with E-state index in [0.29, 0.717) is 22.1 Å². The number of fused-ring (bicyclic) bond motifs is 1. The Morgan fingerprint density at radius 2 is 2.00 bits per heavy atom. The molecule has 2 nitrogen and oxygen atoms in total. The molecule has 1 aromatic carbocycles. The molecule has 3 unspecified atom stereocenters. The molecule has 0 bridgehead atoms. The lowest BCUT2D eigenvalue weighted by Gasteiger charge is -2.34. The molecule has 4 heteroatoms. The van der Waals surface area contributed by atoms with Gasteiger partial charge >= 0.3 is 0 Å². The zero-order valence-electron chi connectivity index (χ0n) is 11.9. The van der Waals surface area contributed by atoms with Crippen LogP contribution >= 0.6 is 23.2 Å². The summed E-state index contributed by atoms with van der Waals surface area (Å²) < 4.78 is 0. The Kier molecular flexibility index (Phi) is 4.56. The van der Waals surface area contributed by atoms with Crippen LogP contribution in [0.5, 0.6) is 0 Å². The summed E-state index contributed by atoms with van der Waals surface area (Å²) in [5.41, 5.74) is 1.22. The first-order chi connectivity index (χ1) is 9.65. The van der Waals surface area contributed by atoms with Crippen molar-refractivity contribution in [2.24, 2.45) is 0 Å². The third-order valence-electron chi connectivity index (χ3n) is 4.76. The zero-order valence-corrected chi connectivity index (χ0v) is 13.4. The average molecular weight is 313 g/mol. The third-order valence-corrected chi connectivity index (χ3v) is 5.50. The lowest BCUT2D eigenvalue weighted by Crippen LogP contribution is -2.45. The Morgan fingerprint density at radius 1 is 1.15 bits per heavy atom. The quantitative estimate of drug-likeness (QED) is 0.896. The molecule has 2 aliphatic heterocycles. The first-order valence-corrected chi connectivity index (χ1v) is 8.36. The SMILES string of the molecule is CC(NC1CCN2CCCCC12)c1ccc(Cl)c(Cl)c1. The second-order valence-corrected chi connectivity index (χ2v) is 6.87. The van der Waals surface area contributed by atoms with Crippen molar-refractivity contribution >= 4 is 23.2 Å². The fourth-order valence-electron chi connectivity index (χ4n) is 3.64. The molecule has 3 rings (SSSR count). The van der Waals surface area contributed by atoms with Crippen LogP contribution in [-0.4, -0.2) is 30.1 Å². The fourth-order valence-corrected chi connectivity index (χ4v) is 3.95. The summed E-state index contributed by atoms with van der Waals surface area (Å²) in [7, 11) is 0. The van der Waals surface area contributed by atoms with Crippen molar-refractivity contribution in [3.05, 3.63) is 33.8 Å². The minimum Gasteiger partial charge on any atom is -0.306 e. The minimum absolute atomic E-state index is 0.316. The first kappa shape index (κ1) is 14.6. The Balaban J connectivity index is 1.66. The second kappa shape index (κ2) is 6.23. The van der Waals surface area contributed by atoms with E-state index in [0.717, 1.165) is 6.04 Å². The Morgan fingerprint density at radius 3 is 2.80 bits per heavy atom. The molecule has 1 N–H and O–H groups in total. The van der Waals surface area contributed by atoms with Gasteiger partial charge in [0.2, 0.25) is 0 Å². The summed E-state index contributed by atoms with van der Waals surface area (Å²) in [5, 5.41) is 5.07. The van der Waals surface area contributed by atoms with Crippen molar-refractivity contribution in [2.75, 3.05) is 13.1 Å². The van der Waals surface area contributed by atoms with E-state index >= 15 is 0 Å². The highest BCUT2D eigenvalue weighted by Crippen LogP contribution is 2.30. The van der Waals surface area contributed by atoms with Crippen LogP contribution in [0.25, 0.3) is 0 Å². The molecule has 0 radical (unpaired) electrons. The summed E-state index contributed by atoms with van der Waals surface area (Å²) in [6.07, 6.45) is 5.34. The highest BCUT2D eigenvalue weighted by molar-refractivity contribution is 6.42. The molecule has 110 valence electrons. The molecule has 1 aromatic rings. The van der Waals surface area contributed by atoms with Gasteiger partial charge < -0.3 is 5.32 Å². The Bertz CT molecular complexity index is 478. The third kappa shape index (κ3) is 2.99. The number of nitrogens with one attached hydrogen (secondary N) is 1. The van der Waals surface area contributed by atoms with Gasteiger partial charge in [0.15, 0.2) is 0 Å². The number of piperidine rings is 1. The summed E-state index contributed by atoms with van der Waals surface area (Å²) in [6.45, 7) is 4.74. The van der Waals surface area contributed by atoms with E-state index in [-0.39, 0.29) is 0 Å². The number of rotatable bonds is 3. The van der Waals surface area contributed by atoms with Gasteiger partial charge in [-0.05, 0) is 50.4 Å². The molecule has 0 spiro atoms. The van der Waals surface area contributed by atoms with Gasteiger partial charge in [-0.1, -0.05) is 35.7 Å². The average Bonchev–Trinajstić information content (AvgIpc) is 2.85. The van der Waals surface area contributed by atoms with Crippen LogP contribution in [0, 0.1) is 0 Å². The molecular formula is C16H22Cl2N2. The number of hydrogen-bond donors (Lipinski definition) is 1. The van der Waals surface area contributed by atoms with Gasteiger partial charge in [0.25, 0.3) is 0 Å². The molecule has 3 atom stereocenters. The van der Waals surface area contributed by atoms with Crippen molar-refractivity contribution < 1.29 is 0 Å². The van der Waals surface area contributed by atoms with Crippen LogP contribution < -0.4 is 5.32 Å². The van der Waals surface area contributed by atoms with Crippen LogP contribution in [0.2, 0.25) is 10.0 Å². The van der Waals surface area contributed by atoms with Crippen LogP contribution in [0.1, 0.15) is 44.2 Å². The first-order valence-electron chi connectivity index (χ1n) is 7.60. The lowest BCUT2D eigenvalue weighted by molar-refractivity contribution is 0.177. The summed E-state index contributed by atoms with van der Waals surface area (Å²) in [4.78, 5) is 2.66. The van der Waals surface area contributed by atoms with E-state index in [1.807, 2.05) is 12.1 Å². The van der Waals surface area contributed by atoms with Crippen molar-refractivity contribution in [3.8, 4) is 0 Å². The molecule has 0 aliphatic carbocycles. The monoisotopic (exact) mass is 312 g/mol. The summed E-state index contributed by atoms with van der Waals surface area (Å²) in [6, 6.07) is 7.60. The van der Waals surface area contributed by atoms with E-state index in [1.165, 1.54) is 44.3 Å². The smallest absolute Gasteiger partial charge is 0.0595 e. The predicted molar refractivity (Wildman–Crippen MR) is 85.6 cm³/mol. The van der Waals surface area contributed by atoms with Gasteiger partial charge in [-0.15, -0.1) is 0 Å². The molecule has 0 aromatic heterocycles. The molecule has 2 aliphatic rings. The van der Waals surface area contributed by atoms with Gasteiger partial charge in [-0.3, -0.25) is 4.90 Å². The van der Waals surface area contributed by atoms with Gasteiger partial charge in [-0.2, -0.15) is 0 Å². The normalized spacial score (nSPS) is 28.4. The van der Waals surface area contributed by atoms with E-state index in [9.17, 15) is 0 Å². The van der Waals surface area contributed by atoms with Gasteiger partial charge in [0.1, 0.15) is 0 Å². The molecule has 2 saturated heterocycles. The summed E-state index contributed by atoms with van der Waals surface area (Å²) >= 11 is 12.1. The number of nitrogens with zero attached hydrogens (tertiary/aromatic N) is 1. The van der Waals surface area contributed by atoms with Crippen LogP contribution in [0.15, 0.2) is 18.2 Å². The zero-order chi connectivity index (χ0) is 14.1. The summed E-state index contributed by atoms with van der Waals surface area (Å²) in [5.74, 6) is 0. The highest BCUT2D eigenvalue weighted by atomic mass is 35.5. The number of benzene rings is 1. The fraction of sp³-hybridized carbons (Fsp3) is 0.625.